The van der Waals surface area contributed by atoms with Crippen molar-refractivity contribution >= 4 is 28.4 Å². The first-order valence-corrected chi connectivity index (χ1v) is 9.17. The van der Waals surface area contributed by atoms with Crippen LogP contribution in [-0.2, 0) is 11.3 Å². The van der Waals surface area contributed by atoms with Gasteiger partial charge in [-0.3, -0.25) is 4.79 Å². The molecule has 128 valence electrons. The number of carbonyl (C=O) groups excluding carboxylic acids is 1. The SMILES string of the molecule is O=C(Cn1ccc2ccc(Cl)cc21)N1CCC2(O)CCCCC2C1. The summed E-state index contributed by atoms with van der Waals surface area (Å²) in [5, 5.41) is 12.5. The second-order valence-electron chi connectivity index (χ2n) is 7.28. The number of likely N-dealkylation sites (tertiary alicyclic amines) is 1. The van der Waals surface area contributed by atoms with E-state index in [9.17, 15) is 9.90 Å². The molecule has 1 N–H and O–H groups in total. The standard InChI is InChI=1S/C19H23ClN2O2/c20-16-5-4-14-6-9-21(17(14)11-16)13-18(23)22-10-8-19(24)7-2-1-3-15(19)12-22/h4-6,9,11,15,24H,1-3,7-8,10,12-13H2. The fourth-order valence-corrected chi connectivity index (χ4v) is 4.50. The Labute approximate surface area is 147 Å². The summed E-state index contributed by atoms with van der Waals surface area (Å²) in [6.45, 7) is 1.68. The Hall–Kier alpha value is -1.52. The van der Waals surface area contributed by atoms with Crippen LogP contribution in [0.1, 0.15) is 32.1 Å². The minimum atomic E-state index is -0.539. The van der Waals surface area contributed by atoms with Gasteiger partial charge in [-0.1, -0.05) is 30.5 Å². The van der Waals surface area contributed by atoms with Gasteiger partial charge in [0.1, 0.15) is 6.54 Å². The highest BCUT2D eigenvalue weighted by Crippen LogP contribution is 2.39. The zero-order chi connectivity index (χ0) is 16.7. The molecule has 4 nitrogen and oxygen atoms in total. The zero-order valence-electron chi connectivity index (χ0n) is 13.7. The molecule has 2 aliphatic rings. The molecule has 1 aliphatic carbocycles. The number of carbonyl (C=O) groups is 1. The fraction of sp³-hybridized carbons (Fsp3) is 0.526. The van der Waals surface area contributed by atoms with Crippen LogP contribution in [0.5, 0.6) is 0 Å². The van der Waals surface area contributed by atoms with Gasteiger partial charge in [0.2, 0.25) is 5.91 Å². The van der Waals surface area contributed by atoms with Crippen molar-refractivity contribution in [3.63, 3.8) is 0 Å². The number of aromatic nitrogens is 1. The predicted molar refractivity (Wildman–Crippen MR) is 95.1 cm³/mol. The maximum absolute atomic E-state index is 12.8. The predicted octanol–water partition coefficient (Wildman–Crippen LogP) is 3.45. The highest BCUT2D eigenvalue weighted by atomic mass is 35.5. The van der Waals surface area contributed by atoms with Gasteiger partial charge in [-0.15, -0.1) is 0 Å². The van der Waals surface area contributed by atoms with E-state index in [1.54, 1.807) is 0 Å². The molecule has 0 radical (unpaired) electrons. The molecule has 5 heteroatoms. The molecule has 1 saturated heterocycles. The first-order chi connectivity index (χ1) is 11.5. The summed E-state index contributed by atoms with van der Waals surface area (Å²) < 4.78 is 1.96. The van der Waals surface area contributed by atoms with E-state index in [1.807, 2.05) is 39.9 Å². The first-order valence-electron chi connectivity index (χ1n) is 8.80. The number of rotatable bonds is 2. The molecule has 1 aromatic heterocycles. The molecular weight excluding hydrogens is 324 g/mol. The molecule has 2 heterocycles. The number of fused-ring (bicyclic) bond motifs is 2. The highest BCUT2D eigenvalue weighted by molar-refractivity contribution is 6.31. The lowest BCUT2D eigenvalue weighted by Gasteiger charge is -2.47. The van der Waals surface area contributed by atoms with Crippen molar-refractivity contribution in [1.82, 2.24) is 9.47 Å². The molecule has 1 aliphatic heterocycles. The number of amides is 1. The van der Waals surface area contributed by atoms with Crippen LogP contribution < -0.4 is 0 Å². The zero-order valence-corrected chi connectivity index (χ0v) is 14.5. The molecule has 2 unspecified atom stereocenters. The van der Waals surface area contributed by atoms with Gasteiger partial charge in [0.05, 0.1) is 5.60 Å². The fourth-order valence-electron chi connectivity index (χ4n) is 4.34. The van der Waals surface area contributed by atoms with Gasteiger partial charge in [-0.25, -0.2) is 0 Å². The second-order valence-corrected chi connectivity index (χ2v) is 7.72. The highest BCUT2D eigenvalue weighted by Gasteiger charge is 2.43. The number of hydrogen-bond donors (Lipinski definition) is 1. The number of halogens is 1. The van der Waals surface area contributed by atoms with Crippen LogP contribution in [0.3, 0.4) is 0 Å². The summed E-state index contributed by atoms with van der Waals surface area (Å²) in [4.78, 5) is 14.7. The Morgan fingerprint density at radius 3 is 3.04 bits per heavy atom. The number of hydrogen-bond acceptors (Lipinski definition) is 2. The maximum Gasteiger partial charge on any atom is 0.242 e. The molecule has 1 saturated carbocycles. The van der Waals surface area contributed by atoms with Crippen molar-refractivity contribution in [3.8, 4) is 0 Å². The van der Waals surface area contributed by atoms with Gasteiger partial charge in [0.15, 0.2) is 0 Å². The third kappa shape index (κ3) is 2.82. The topological polar surface area (TPSA) is 45.5 Å². The summed E-state index contributed by atoms with van der Waals surface area (Å²) in [6.07, 6.45) is 6.84. The van der Waals surface area contributed by atoms with Crippen molar-refractivity contribution in [2.45, 2.75) is 44.2 Å². The average molecular weight is 347 g/mol. The van der Waals surface area contributed by atoms with E-state index < -0.39 is 5.60 Å². The molecule has 2 atom stereocenters. The van der Waals surface area contributed by atoms with Crippen LogP contribution in [-0.4, -0.2) is 39.2 Å². The quantitative estimate of drug-likeness (QED) is 0.905. The molecule has 1 aromatic carbocycles. The van der Waals surface area contributed by atoms with Gasteiger partial charge in [0, 0.05) is 35.7 Å². The molecule has 2 fully saturated rings. The van der Waals surface area contributed by atoms with Crippen LogP contribution in [0, 0.1) is 5.92 Å². The van der Waals surface area contributed by atoms with E-state index in [-0.39, 0.29) is 11.8 Å². The van der Waals surface area contributed by atoms with E-state index in [4.69, 9.17) is 11.6 Å². The largest absolute Gasteiger partial charge is 0.389 e. The molecule has 24 heavy (non-hydrogen) atoms. The van der Waals surface area contributed by atoms with Crippen LogP contribution in [0.4, 0.5) is 0 Å². The van der Waals surface area contributed by atoms with E-state index in [0.717, 1.165) is 36.6 Å². The summed E-state index contributed by atoms with van der Waals surface area (Å²) in [5.41, 5.74) is 0.449. The third-order valence-electron chi connectivity index (χ3n) is 5.82. The first kappa shape index (κ1) is 16.0. The minimum absolute atomic E-state index is 0.125. The monoisotopic (exact) mass is 346 g/mol. The summed E-state index contributed by atoms with van der Waals surface area (Å²) in [7, 11) is 0. The lowest BCUT2D eigenvalue weighted by Crippen LogP contribution is -2.55. The molecule has 2 aromatic rings. The van der Waals surface area contributed by atoms with E-state index in [1.165, 1.54) is 0 Å². The van der Waals surface area contributed by atoms with E-state index in [2.05, 4.69) is 0 Å². The maximum atomic E-state index is 12.8. The number of aliphatic hydroxyl groups is 1. The average Bonchev–Trinajstić information content (AvgIpc) is 2.96. The molecule has 0 spiro atoms. The van der Waals surface area contributed by atoms with Crippen molar-refractivity contribution in [2.24, 2.45) is 5.92 Å². The number of piperidine rings is 1. The Morgan fingerprint density at radius 2 is 2.17 bits per heavy atom. The van der Waals surface area contributed by atoms with Crippen LogP contribution in [0.2, 0.25) is 5.02 Å². The van der Waals surface area contributed by atoms with Gasteiger partial charge in [-0.05, 0) is 42.8 Å². The van der Waals surface area contributed by atoms with Crippen LogP contribution in [0.15, 0.2) is 30.5 Å². The molecule has 1 amide bonds. The Balaban J connectivity index is 1.49. The van der Waals surface area contributed by atoms with Gasteiger partial charge >= 0.3 is 0 Å². The summed E-state index contributed by atoms with van der Waals surface area (Å²) >= 11 is 6.09. The van der Waals surface area contributed by atoms with E-state index >= 15 is 0 Å². The smallest absolute Gasteiger partial charge is 0.242 e. The normalized spacial score (nSPS) is 27.2. The lowest BCUT2D eigenvalue weighted by molar-refractivity contribution is -0.143. The lowest BCUT2D eigenvalue weighted by atomic mass is 9.71. The summed E-state index contributed by atoms with van der Waals surface area (Å²) in [5.74, 6) is 0.361. The van der Waals surface area contributed by atoms with Crippen molar-refractivity contribution < 1.29 is 9.90 Å². The van der Waals surface area contributed by atoms with Gasteiger partial charge in [0.25, 0.3) is 0 Å². The Bertz CT molecular complexity index is 772. The molecule has 0 bridgehead atoms. The van der Waals surface area contributed by atoms with E-state index in [0.29, 0.717) is 31.1 Å². The Morgan fingerprint density at radius 1 is 1.29 bits per heavy atom. The van der Waals surface area contributed by atoms with Crippen LogP contribution >= 0.6 is 11.6 Å². The molecule has 4 rings (SSSR count). The summed E-state index contributed by atoms with van der Waals surface area (Å²) in [6, 6.07) is 7.75. The molecular formula is C19H23ClN2O2. The van der Waals surface area contributed by atoms with Gasteiger partial charge in [-0.2, -0.15) is 0 Å². The second kappa shape index (κ2) is 6.08. The van der Waals surface area contributed by atoms with Crippen molar-refractivity contribution in [2.75, 3.05) is 13.1 Å². The van der Waals surface area contributed by atoms with Crippen molar-refractivity contribution in [3.05, 3.63) is 35.5 Å². The number of benzene rings is 1. The van der Waals surface area contributed by atoms with Gasteiger partial charge < -0.3 is 14.6 Å². The third-order valence-corrected chi connectivity index (χ3v) is 6.06. The van der Waals surface area contributed by atoms with Crippen molar-refractivity contribution in [1.29, 1.82) is 0 Å². The van der Waals surface area contributed by atoms with Crippen LogP contribution in [0.25, 0.3) is 10.9 Å². The minimum Gasteiger partial charge on any atom is -0.389 e. The number of nitrogens with zero attached hydrogens (tertiary/aromatic N) is 2. The Kier molecular flexibility index (Phi) is 4.05.